The van der Waals surface area contributed by atoms with Crippen molar-refractivity contribution in [2.45, 2.75) is 33.2 Å². The highest BCUT2D eigenvalue weighted by Crippen LogP contribution is 2.26. The number of hydrogen-bond acceptors (Lipinski definition) is 6. The van der Waals surface area contributed by atoms with Crippen LogP contribution < -0.4 is 10.6 Å². The van der Waals surface area contributed by atoms with E-state index in [2.05, 4.69) is 10.6 Å². The van der Waals surface area contributed by atoms with Crippen LogP contribution in [0.25, 0.3) is 0 Å². The number of carbonyl (C=O) groups is 3. The van der Waals surface area contributed by atoms with E-state index in [1.807, 2.05) is 20.8 Å². The topological polar surface area (TPSA) is 108 Å². The molecule has 0 bridgehead atoms. The van der Waals surface area contributed by atoms with Gasteiger partial charge in [0.2, 0.25) is 0 Å². The highest BCUT2D eigenvalue weighted by molar-refractivity contribution is 6.09. The van der Waals surface area contributed by atoms with Crippen molar-refractivity contribution in [2.24, 2.45) is 0 Å². The van der Waals surface area contributed by atoms with Gasteiger partial charge < -0.3 is 25.4 Å². The molecule has 1 aliphatic heterocycles. The molecule has 8 nitrogen and oxygen atoms in total. The van der Waals surface area contributed by atoms with Crippen LogP contribution in [0, 0.1) is 6.92 Å². The standard InChI is InChI=1S/C20H27N3O5/c1-12-13(17(25)22-20(2,3)4)7-6-8-15(12)21-16-14(19(27)28-5)11-23(9-10-24)18(16)26/h6-8,21,24H,9-11H2,1-5H3,(H,22,25). The summed E-state index contributed by atoms with van der Waals surface area (Å²) in [6.07, 6.45) is 0. The smallest absolute Gasteiger partial charge is 0.337 e. The lowest BCUT2D eigenvalue weighted by atomic mass is 10.0. The minimum Gasteiger partial charge on any atom is -0.466 e. The summed E-state index contributed by atoms with van der Waals surface area (Å²) in [4.78, 5) is 38.7. The first-order valence-corrected chi connectivity index (χ1v) is 8.99. The van der Waals surface area contributed by atoms with E-state index in [0.29, 0.717) is 16.8 Å². The Bertz CT molecular complexity index is 824. The molecule has 0 radical (unpaired) electrons. The molecule has 2 rings (SSSR count). The van der Waals surface area contributed by atoms with Gasteiger partial charge in [0.15, 0.2) is 0 Å². The van der Waals surface area contributed by atoms with Crippen molar-refractivity contribution in [1.82, 2.24) is 10.2 Å². The minimum atomic E-state index is -0.615. The van der Waals surface area contributed by atoms with Gasteiger partial charge in [-0.1, -0.05) is 6.07 Å². The number of anilines is 1. The summed E-state index contributed by atoms with van der Waals surface area (Å²) in [5.74, 6) is -1.25. The molecule has 0 saturated heterocycles. The number of benzene rings is 1. The Morgan fingerprint density at radius 2 is 1.96 bits per heavy atom. The van der Waals surface area contributed by atoms with Crippen molar-refractivity contribution in [3.63, 3.8) is 0 Å². The number of amides is 2. The molecule has 0 fully saturated rings. The zero-order valence-corrected chi connectivity index (χ0v) is 16.9. The molecule has 3 N–H and O–H groups in total. The van der Waals surface area contributed by atoms with Gasteiger partial charge in [0.25, 0.3) is 11.8 Å². The predicted octanol–water partition coefficient (Wildman–Crippen LogP) is 1.20. The first kappa shape index (κ1) is 21.4. The van der Waals surface area contributed by atoms with Crippen LogP contribution in [0.4, 0.5) is 5.69 Å². The van der Waals surface area contributed by atoms with Crippen molar-refractivity contribution in [2.75, 3.05) is 32.1 Å². The number of β-amino-alcohol motifs (C(OH)–C–C–N with tert-alkyl or cyclic N) is 1. The third-order valence-electron chi connectivity index (χ3n) is 4.28. The van der Waals surface area contributed by atoms with E-state index in [1.165, 1.54) is 12.0 Å². The largest absolute Gasteiger partial charge is 0.466 e. The molecule has 28 heavy (non-hydrogen) atoms. The van der Waals surface area contributed by atoms with Crippen molar-refractivity contribution in [3.05, 3.63) is 40.6 Å². The SMILES string of the molecule is COC(=O)C1=C(Nc2cccc(C(=O)NC(C)(C)C)c2C)C(=O)N(CCO)C1. The van der Waals surface area contributed by atoms with Gasteiger partial charge in [0.1, 0.15) is 5.70 Å². The van der Waals surface area contributed by atoms with Crippen LogP contribution in [-0.2, 0) is 14.3 Å². The molecule has 2 amide bonds. The average molecular weight is 389 g/mol. The summed E-state index contributed by atoms with van der Waals surface area (Å²) in [5, 5.41) is 15.1. The minimum absolute atomic E-state index is 0.0532. The molecule has 1 aliphatic rings. The Morgan fingerprint density at radius 3 is 2.54 bits per heavy atom. The molecule has 0 aliphatic carbocycles. The number of nitrogens with one attached hydrogen (secondary N) is 2. The van der Waals surface area contributed by atoms with Crippen molar-refractivity contribution < 1.29 is 24.2 Å². The lowest BCUT2D eigenvalue weighted by Crippen LogP contribution is -2.40. The lowest BCUT2D eigenvalue weighted by molar-refractivity contribution is -0.136. The summed E-state index contributed by atoms with van der Waals surface area (Å²) >= 11 is 0. The number of nitrogens with zero attached hydrogens (tertiary/aromatic N) is 1. The van der Waals surface area contributed by atoms with Crippen LogP contribution in [0.15, 0.2) is 29.5 Å². The summed E-state index contributed by atoms with van der Waals surface area (Å²) < 4.78 is 4.78. The Labute approximate surface area is 164 Å². The molecule has 1 heterocycles. The van der Waals surface area contributed by atoms with E-state index in [0.717, 1.165) is 0 Å². The summed E-state index contributed by atoms with van der Waals surface area (Å²) in [7, 11) is 1.24. The van der Waals surface area contributed by atoms with E-state index in [-0.39, 0.29) is 42.4 Å². The molecule has 0 saturated carbocycles. The second-order valence-corrected chi connectivity index (χ2v) is 7.60. The van der Waals surface area contributed by atoms with Crippen LogP contribution in [0.1, 0.15) is 36.7 Å². The number of rotatable bonds is 6. The molecule has 0 atom stereocenters. The first-order chi connectivity index (χ1) is 13.1. The van der Waals surface area contributed by atoms with Crippen molar-refractivity contribution in [1.29, 1.82) is 0 Å². The Hall–Kier alpha value is -2.87. The van der Waals surface area contributed by atoms with Crippen LogP contribution in [0.3, 0.4) is 0 Å². The Morgan fingerprint density at radius 1 is 1.29 bits per heavy atom. The average Bonchev–Trinajstić information content (AvgIpc) is 2.91. The number of methoxy groups -OCH3 is 1. The first-order valence-electron chi connectivity index (χ1n) is 8.99. The van der Waals surface area contributed by atoms with Gasteiger partial charge in [0, 0.05) is 23.3 Å². The van der Waals surface area contributed by atoms with Gasteiger partial charge in [-0.2, -0.15) is 0 Å². The van der Waals surface area contributed by atoms with E-state index in [1.54, 1.807) is 25.1 Å². The zero-order chi connectivity index (χ0) is 21.1. The molecular weight excluding hydrogens is 362 g/mol. The molecule has 0 spiro atoms. The summed E-state index contributed by atoms with van der Waals surface area (Å²) in [6, 6.07) is 5.13. The maximum absolute atomic E-state index is 12.7. The van der Waals surface area contributed by atoms with E-state index in [9.17, 15) is 14.4 Å². The second-order valence-electron chi connectivity index (χ2n) is 7.60. The Kier molecular flexibility index (Phi) is 6.45. The maximum atomic E-state index is 12.7. The van der Waals surface area contributed by atoms with Gasteiger partial charge in [-0.05, 0) is 45.4 Å². The van der Waals surface area contributed by atoms with Crippen LogP contribution in [0.5, 0.6) is 0 Å². The zero-order valence-electron chi connectivity index (χ0n) is 16.9. The van der Waals surface area contributed by atoms with Gasteiger partial charge >= 0.3 is 5.97 Å². The number of aliphatic hydroxyl groups is 1. The molecule has 1 aromatic rings. The molecule has 152 valence electrons. The number of aliphatic hydroxyl groups excluding tert-OH is 1. The number of hydrogen-bond donors (Lipinski definition) is 3. The van der Waals surface area contributed by atoms with Crippen LogP contribution >= 0.6 is 0 Å². The van der Waals surface area contributed by atoms with Crippen molar-refractivity contribution >= 4 is 23.5 Å². The fraction of sp³-hybridized carbons (Fsp3) is 0.450. The number of ether oxygens (including phenoxy) is 1. The predicted molar refractivity (Wildman–Crippen MR) is 105 cm³/mol. The third-order valence-corrected chi connectivity index (χ3v) is 4.28. The lowest BCUT2D eigenvalue weighted by Gasteiger charge is -2.22. The maximum Gasteiger partial charge on any atom is 0.337 e. The van der Waals surface area contributed by atoms with Gasteiger partial charge in [-0.25, -0.2) is 4.79 Å². The van der Waals surface area contributed by atoms with Gasteiger partial charge in [-0.15, -0.1) is 0 Å². The Balaban J connectivity index is 2.37. The van der Waals surface area contributed by atoms with E-state index in [4.69, 9.17) is 9.84 Å². The van der Waals surface area contributed by atoms with Crippen LogP contribution in [-0.4, -0.2) is 60.1 Å². The number of esters is 1. The molecule has 1 aromatic carbocycles. The fourth-order valence-electron chi connectivity index (χ4n) is 2.91. The molecule has 0 unspecified atom stereocenters. The molecule has 8 heteroatoms. The molecular formula is C20H27N3O5. The van der Waals surface area contributed by atoms with Gasteiger partial charge in [0.05, 0.1) is 25.8 Å². The molecule has 0 aromatic heterocycles. The quantitative estimate of drug-likeness (QED) is 0.631. The third kappa shape index (κ3) is 4.69. The summed E-state index contributed by atoms with van der Waals surface area (Å²) in [6.45, 7) is 7.39. The highest BCUT2D eigenvalue weighted by atomic mass is 16.5. The highest BCUT2D eigenvalue weighted by Gasteiger charge is 2.34. The van der Waals surface area contributed by atoms with Crippen LogP contribution in [0.2, 0.25) is 0 Å². The summed E-state index contributed by atoms with van der Waals surface area (Å²) in [5.41, 5.74) is 1.55. The monoisotopic (exact) mass is 389 g/mol. The van der Waals surface area contributed by atoms with Gasteiger partial charge in [-0.3, -0.25) is 9.59 Å². The second kappa shape index (κ2) is 8.43. The van der Waals surface area contributed by atoms with Crippen molar-refractivity contribution in [3.8, 4) is 0 Å². The number of carbonyl (C=O) groups excluding carboxylic acids is 3. The normalized spacial score (nSPS) is 14.4. The van der Waals surface area contributed by atoms with E-state index < -0.39 is 11.9 Å². The fourth-order valence-corrected chi connectivity index (χ4v) is 2.91. The van der Waals surface area contributed by atoms with E-state index >= 15 is 0 Å².